The van der Waals surface area contributed by atoms with E-state index in [0.29, 0.717) is 30.8 Å². The van der Waals surface area contributed by atoms with Crippen LogP contribution in [0.4, 0.5) is 0 Å². The van der Waals surface area contributed by atoms with Crippen LogP contribution in [0.2, 0.25) is 0 Å². The number of benzene rings is 1. The third-order valence-electron chi connectivity index (χ3n) is 3.37. The van der Waals surface area contributed by atoms with Crippen LogP contribution in [0.25, 0.3) is 0 Å². The first-order valence-corrected chi connectivity index (χ1v) is 7.62. The molecule has 1 aromatic carbocycles. The predicted molar refractivity (Wildman–Crippen MR) is 69.9 cm³/mol. The van der Waals surface area contributed by atoms with Crippen LogP contribution in [-0.4, -0.2) is 38.9 Å². The van der Waals surface area contributed by atoms with Gasteiger partial charge >= 0.3 is 5.97 Å². The number of carbonyl (C=O) groups excluding carboxylic acids is 1. The largest absolute Gasteiger partial charge is 0.469 e. The molecular formula is C13H17NO4S. The first-order chi connectivity index (χ1) is 9.05. The lowest BCUT2D eigenvalue weighted by molar-refractivity contribution is -0.146. The van der Waals surface area contributed by atoms with Crippen molar-refractivity contribution in [3.8, 4) is 0 Å². The van der Waals surface area contributed by atoms with Crippen molar-refractivity contribution in [3.05, 3.63) is 30.3 Å². The lowest BCUT2D eigenvalue weighted by Gasteiger charge is -2.29. The highest BCUT2D eigenvalue weighted by atomic mass is 32.2. The highest BCUT2D eigenvalue weighted by Gasteiger charge is 2.32. The van der Waals surface area contributed by atoms with Crippen LogP contribution in [0.1, 0.15) is 12.8 Å². The zero-order chi connectivity index (χ0) is 13.9. The molecule has 0 aliphatic carbocycles. The number of nitrogens with zero attached hydrogens (tertiary/aromatic N) is 1. The highest BCUT2D eigenvalue weighted by Crippen LogP contribution is 2.24. The fraction of sp³-hybridized carbons (Fsp3) is 0.462. The first-order valence-electron chi connectivity index (χ1n) is 6.18. The first kappa shape index (κ1) is 14.0. The Bertz CT molecular complexity index is 533. The second-order valence-electron chi connectivity index (χ2n) is 4.51. The number of ether oxygens (including phenoxy) is 1. The third kappa shape index (κ3) is 2.96. The van der Waals surface area contributed by atoms with E-state index in [1.54, 1.807) is 30.3 Å². The van der Waals surface area contributed by atoms with Crippen molar-refractivity contribution in [3.63, 3.8) is 0 Å². The van der Waals surface area contributed by atoms with Gasteiger partial charge in [0.15, 0.2) is 0 Å². The Hall–Kier alpha value is -1.40. The minimum atomic E-state index is -3.44. The molecule has 1 fully saturated rings. The molecular weight excluding hydrogens is 266 g/mol. The Morgan fingerprint density at radius 2 is 1.79 bits per heavy atom. The van der Waals surface area contributed by atoms with Gasteiger partial charge in [-0.1, -0.05) is 18.2 Å². The second-order valence-corrected chi connectivity index (χ2v) is 6.45. The molecule has 2 rings (SSSR count). The molecule has 19 heavy (non-hydrogen) atoms. The van der Waals surface area contributed by atoms with E-state index >= 15 is 0 Å². The minimum Gasteiger partial charge on any atom is -0.469 e. The van der Waals surface area contributed by atoms with Crippen LogP contribution in [0.3, 0.4) is 0 Å². The van der Waals surface area contributed by atoms with Crippen molar-refractivity contribution in [2.24, 2.45) is 5.92 Å². The zero-order valence-corrected chi connectivity index (χ0v) is 11.6. The summed E-state index contributed by atoms with van der Waals surface area (Å²) in [5, 5.41) is 0. The SMILES string of the molecule is COC(=O)C1CCN(S(=O)(=O)c2ccccc2)CC1. The van der Waals surface area contributed by atoms with Gasteiger partial charge in [-0.15, -0.1) is 0 Å². The van der Waals surface area contributed by atoms with Gasteiger partial charge < -0.3 is 4.74 Å². The maximum atomic E-state index is 12.3. The van der Waals surface area contributed by atoms with E-state index in [1.807, 2.05) is 0 Å². The van der Waals surface area contributed by atoms with Gasteiger partial charge in [0.2, 0.25) is 10.0 Å². The van der Waals surface area contributed by atoms with Crippen LogP contribution in [0.5, 0.6) is 0 Å². The van der Waals surface area contributed by atoms with Crippen LogP contribution in [-0.2, 0) is 19.6 Å². The molecule has 0 amide bonds. The van der Waals surface area contributed by atoms with Crippen LogP contribution < -0.4 is 0 Å². The summed E-state index contributed by atoms with van der Waals surface area (Å²) in [5.41, 5.74) is 0. The van der Waals surface area contributed by atoms with E-state index < -0.39 is 10.0 Å². The van der Waals surface area contributed by atoms with Gasteiger partial charge in [0, 0.05) is 13.1 Å². The number of sulfonamides is 1. The van der Waals surface area contributed by atoms with Gasteiger partial charge in [-0.2, -0.15) is 4.31 Å². The Morgan fingerprint density at radius 1 is 1.21 bits per heavy atom. The number of hydrogen-bond acceptors (Lipinski definition) is 4. The van der Waals surface area contributed by atoms with E-state index in [1.165, 1.54) is 11.4 Å². The molecule has 1 heterocycles. The molecule has 1 aliphatic rings. The van der Waals surface area contributed by atoms with Gasteiger partial charge in [-0.25, -0.2) is 8.42 Å². The maximum absolute atomic E-state index is 12.3. The van der Waals surface area contributed by atoms with E-state index in [9.17, 15) is 13.2 Å². The van der Waals surface area contributed by atoms with E-state index in [0.717, 1.165) is 0 Å². The zero-order valence-electron chi connectivity index (χ0n) is 10.8. The molecule has 1 aromatic rings. The summed E-state index contributed by atoms with van der Waals surface area (Å²) >= 11 is 0. The van der Waals surface area contributed by atoms with Gasteiger partial charge in [0.1, 0.15) is 0 Å². The average Bonchev–Trinajstić information content (AvgIpc) is 2.47. The molecule has 104 valence electrons. The molecule has 0 saturated carbocycles. The van der Waals surface area contributed by atoms with Crippen LogP contribution in [0.15, 0.2) is 35.2 Å². The third-order valence-corrected chi connectivity index (χ3v) is 5.28. The van der Waals surface area contributed by atoms with Crippen LogP contribution in [0, 0.1) is 5.92 Å². The molecule has 0 bridgehead atoms. The van der Waals surface area contributed by atoms with Crippen molar-refractivity contribution in [2.75, 3.05) is 20.2 Å². The molecule has 0 unspecified atom stereocenters. The molecule has 0 radical (unpaired) electrons. The number of rotatable bonds is 3. The number of hydrogen-bond donors (Lipinski definition) is 0. The average molecular weight is 283 g/mol. The van der Waals surface area contributed by atoms with Crippen molar-refractivity contribution < 1.29 is 17.9 Å². The number of esters is 1. The highest BCUT2D eigenvalue weighted by molar-refractivity contribution is 7.89. The molecule has 5 nitrogen and oxygen atoms in total. The normalized spacial score (nSPS) is 18.2. The fourth-order valence-corrected chi connectivity index (χ4v) is 3.73. The lowest BCUT2D eigenvalue weighted by atomic mass is 9.99. The Kier molecular flexibility index (Phi) is 4.21. The van der Waals surface area contributed by atoms with Gasteiger partial charge in [-0.05, 0) is 25.0 Å². The standard InChI is InChI=1S/C13H17NO4S/c1-18-13(15)11-7-9-14(10-8-11)19(16,17)12-5-3-2-4-6-12/h2-6,11H,7-10H2,1H3. The Labute approximate surface area is 113 Å². The van der Waals surface area contributed by atoms with Gasteiger partial charge in [-0.3, -0.25) is 4.79 Å². The Morgan fingerprint density at radius 3 is 2.32 bits per heavy atom. The second kappa shape index (κ2) is 5.71. The van der Waals surface area contributed by atoms with E-state index in [-0.39, 0.29) is 11.9 Å². The summed E-state index contributed by atoms with van der Waals surface area (Å²) in [4.78, 5) is 11.7. The van der Waals surface area contributed by atoms with E-state index in [4.69, 9.17) is 0 Å². The summed E-state index contributed by atoms with van der Waals surface area (Å²) in [6.07, 6.45) is 1.03. The summed E-state index contributed by atoms with van der Waals surface area (Å²) in [5.74, 6) is -0.441. The Balaban J connectivity index is 2.08. The molecule has 0 atom stereocenters. The van der Waals surface area contributed by atoms with Crippen molar-refractivity contribution in [1.82, 2.24) is 4.31 Å². The summed E-state index contributed by atoms with van der Waals surface area (Å²) in [6, 6.07) is 8.36. The van der Waals surface area contributed by atoms with Crippen molar-refractivity contribution in [2.45, 2.75) is 17.7 Å². The lowest BCUT2D eigenvalue weighted by Crippen LogP contribution is -2.40. The monoisotopic (exact) mass is 283 g/mol. The fourth-order valence-electron chi connectivity index (χ4n) is 2.24. The number of methoxy groups -OCH3 is 1. The quantitative estimate of drug-likeness (QED) is 0.783. The van der Waals surface area contributed by atoms with Crippen molar-refractivity contribution >= 4 is 16.0 Å². The predicted octanol–water partition coefficient (Wildman–Crippen LogP) is 1.26. The number of piperidine rings is 1. The molecule has 1 aliphatic heterocycles. The van der Waals surface area contributed by atoms with Crippen molar-refractivity contribution in [1.29, 1.82) is 0 Å². The molecule has 0 N–H and O–H groups in total. The summed E-state index contributed by atoms with van der Waals surface area (Å²) in [6.45, 7) is 0.716. The molecule has 0 aromatic heterocycles. The van der Waals surface area contributed by atoms with Gasteiger partial charge in [0.05, 0.1) is 17.9 Å². The summed E-state index contributed by atoms with van der Waals surface area (Å²) < 4.78 is 30.8. The number of carbonyl (C=O) groups is 1. The summed E-state index contributed by atoms with van der Waals surface area (Å²) in [7, 11) is -2.08. The minimum absolute atomic E-state index is 0.188. The van der Waals surface area contributed by atoms with Gasteiger partial charge in [0.25, 0.3) is 0 Å². The topological polar surface area (TPSA) is 63.7 Å². The van der Waals surface area contributed by atoms with E-state index in [2.05, 4.69) is 4.74 Å². The molecule has 0 spiro atoms. The molecule has 1 saturated heterocycles. The van der Waals surface area contributed by atoms with Crippen LogP contribution >= 0.6 is 0 Å². The molecule has 6 heteroatoms. The smallest absolute Gasteiger partial charge is 0.308 e. The maximum Gasteiger partial charge on any atom is 0.308 e.